The van der Waals surface area contributed by atoms with E-state index in [1.54, 1.807) is 19.9 Å². The molecule has 11 nitrogen and oxygen atoms in total. The maximum atomic E-state index is 12.1. The molecule has 0 bridgehead atoms. The fourth-order valence-electron chi connectivity index (χ4n) is 2.57. The summed E-state index contributed by atoms with van der Waals surface area (Å²) >= 11 is 0. The van der Waals surface area contributed by atoms with Crippen molar-refractivity contribution in [1.82, 2.24) is 23.9 Å². The van der Waals surface area contributed by atoms with Gasteiger partial charge in [0.05, 0.1) is 4.90 Å². The lowest BCUT2D eigenvalue weighted by Crippen LogP contribution is -2.23. The molecule has 3 aromatic rings. The average Bonchev–Trinajstić information content (AvgIpc) is 3.11. The number of carbonyl (C=O) groups is 2. The third-order valence-corrected chi connectivity index (χ3v) is 5.88. The van der Waals surface area contributed by atoms with E-state index < -0.39 is 28.5 Å². The van der Waals surface area contributed by atoms with Gasteiger partial charge in [-0.2, -0.15) is 4.98 Å². The number of nitrogens with one attached hydrogen (secondary N) is 1. The summed E-state index contributed by atoms with van der Waals surface area (Å²) in [5, 5.41) is 6.55. The first kappa shape index (κ1) is 21.3. The molecular formula is C18H20N6O5S. The molecule has 1 aromatic carbocycles. The number of aromatic nitrogens is 4. The van der Waals surface area contributed by atoms with Gasteiger partial charge in [0.2, 0.25) is 10.0 Å². The summed E-state index contributed by atoms with van der Waals surface area (Å²) in [6.07, 6.45) is 0. The molecule has 0 atom stereocenters. The molecule has 2 heterocycles. The van der Waals surface area contributed by atoms with Crippen LogP contribution in [0.2, 0.25) is 0 Å². The summed E-state index contributed by atoms with van der Waals surface area (Å²) < 4.78 is 31.5. The Morgan fingerprint density at radius 2 is 1.80 bits per heavy atom. The lowest BCUT2D eigenvalue weighted by atomic mass is 10.3. The quantitative estimate of drug-likeness (QED) is 0.565. The molecule has 0 fully saturated rings. The van der Waals surface area contributed by atoms with Gasteiger partial charge in [-0.25, -0.2) is 27.0 Å². The molecule has 0 saturated heterocycles. The van der Waals surface area contributed by atoms with E-state index in [1.807, 2.05) is 0 Å². The fraction of sp³-hybridized carbons (Fsp3) is 0.278. The van der Waals surface area contributed by atoms with Crippen molar-refractivity contribution >= 4 is 33.4 Å². The Kier molecular flexibility index (Phi) is 5.80. The Hall–Kier alpha value is -3.38. The van der Waals surface area contributed by atoms with Gasteiger partial charge in [0.15, 0.2) is 6.61 Å². The molecule has 1 amide bonds. The molecule has 3 rings (SSSR count). The van der Waals surface area contributed by atoms with E-state index in [0.717, 1.165) is 15.7 Å². The number of carbonyl (C=O) groups excluding carboxylic acids is 2. The Morgan fingerprint density at radius 1 is 1.13 bits per heavy atom. The smallest absolute Gasteiger partial charge is 0.378 e. The predicted octanol–water partition coefficient (Wildman–Crippen LogP) is 0.787. The summed E-state index contributed by atoms with van der Waals surface area (Å²) in [6, 6.07) is 7.41. The van der Waals surface area contributed by atoms with Crippen molar-refractivity contribution in [1.29, 1.82) is 0 Å². The van der Waals surface area contributed by atoms with Gasteiger partial charge in [-0.1, -0.05) is 0 Å². The van der Waals surface area contributed by atoms with Crippen molar-refractivity contribution in [3.8, 4) is 0 Å². The van der Waals surface area contributed by atoms with Gasteiger partial charge in [-0.15, -0.1) is 5.10 Å². The molecule has 0 unspecified atom stereocenters. The third-order valence-electron chi connectivity index (χ3n) is 4.05. The van der Waals surface area contributed by atoms with E-state index in [-0.39, 0.29) is 16.5 Å². The molecule has 2 aromatic heterocycles. The van der Waals surface area contributed by atoms with Gasteiger partial charge in [0, 0.05) is 31.2 Å². The summed E-state index contributed by atoms with van der Waals surface area (Å²) in [4.78, 5) is 32.5. The number of anilines is 1. The van der Waals surface area contributed by atoms with Crippen LogP contribution >= 0.6 is 0 Å². The van der Waals surface area contributed by atoms with Crippen LogP contribution in [0.15, 0.2) is 35.2 Å². The van der Waals surface area contributed by atoms with E-state index in [4.69, 9.17) is 4.74 Å². The van der Waals surface area contributed by atoms with Crippen molar-refractivity contribution in [3.63, 3.8) is 0 Å². The summed E-state index contributed by atoms with van der Waals surface area (Å²) in [7, 11) is -0.708. The number of hydrogen-bond donors (Lipinski definition) is 1. The molecule has 0 radical (unpaired) electrons. The molecule has 30 heavy (non-hydrogen) atoms. The summed E-state index contributed by atoms with van der Waals surface area (Å²) in [5.74, 6) is -1.40. The molecule has 12 heteroatoms. The van der Waals surface area contributed by atoms with E-state index >= 15 is 0 Å². The standard InChI is InChI=1S/C18H20N6O5S/c1-11-9-12(2)24-18(19-11)21-16(22-24)17(26)29-10-15(25)20-13-5-7-14(8-6-13)30(27,28)23(3)4/h5-9H,10H2,1-4H3,(H,20,25). The third kappa shape index (κ3) is 4.44. The van der Waals surface area contributed by atoms with E-state index in [1.165, 1.54) is 42.9 Å². The van der Waals surface area contributed by atoms with Crippen LogP contribution in [0, 0.1) is 13.8 Å². The number of ether oxygens (including phenoxy) is 1. The Balaban J connectivity index is 1.61. The zero-order valence-corrected chi connectivity index (χ0v) is 17.6. The first-order chi connectivity index (χ1) is 14.1. The van der Waals surface area contributed by atoms with E-state index in [2.05, 4.69) is 20.4 Å². The van der Waals surface area contributed by atoms with Crippen molar-refractivity contribution < 1.29 is 22.7 Å². The van der Waals surface area contributed by atoms with Gasteiger partial charge in [-0.3, -0.25) is 4.79 Å². The van der Waals surface area contributed by atoms with Crippen LogP contribution < -0.4 is 5.32 Å². The van der Waals surface area contributed by atoms with Gasteiger partial charge in [0.1, 0.15) is 0 Å². The zero-order valence-electron chi connectivity index (χ0n) is 16.8. The van der Waals surface area contributed by atoms with Crippen molar-refractivity contribution in [2.45, 2.75) is 18.7 Å². The topological polar surface area (TPSA) is 136 Å². The summed E-state index contributed by atoms with van der Waals surface area (Å²) in [5.41, 5.74) is 1.84. The lowest BCUT2D eigenvalue weighted by molar-refractivity contribution is -0.119. The minimum atomic E-state index is -3.56. The molecular weight excluding hydrogens is 412 g/mol. The highest BCUT2D eigenvalue weighted by molar-refractivity contribution is 7.89. The largest absolute Gasteiger partial charge is 0.450 e. The van der Waals surface area contributed by atoms with E-state index in [0.29, 0.717) is 5.69 Å². The SMILES string of the molecule is Cc1cc(C)n2nc(C(=O)OCC(=O)Nc3ccc(S(=O)(=O)N(C)C)cc3)nc2n1. The van der Waals surface area contributed by atoms with Crippen LogP contribution in [0.5, 0.6) is 0 Å². The van der Waals surface area contributed by atoms with Gasteiger partial charge < -0.3 is 10.1 Å². The average molecular weight is 432 g/mol. The van der Waals surface area contributed by atoms with Crippen molar-refractivity contribution in [2.75, 3.05) is 26.0 Å². The minimum Gasteiger partial charge on any atom is -0.450 e. The number of rotatable bonds is 6. The molecule has 0 aliphatic heterocycles. The highest BCUT2D eigenvalue weighted by Gasteiger charge is 2.19. The zero-order chi connectivity index (χ0) is 22.1. The second kappa shape index (κ2) is 8.16. The first-order valence-corrected chi connectivity index (χ1v) is 10.2. The monoisotopic (exact) mass is 432 g/mol. The van der Waals surface area contributed by atoms with Crippen LogP contribution in [-0.2, 0) is 19.6 Å². The Morgan fingerprint density at radius 3 is 2.43 bits per heavy atom. The first-order valence-electron chi connectivity index (χ1n) is 8.78. The van der Waals surface area contributed by atoms with Crippen molar-refractivity contribution in [3.05, 3.63) is 47.5 Å². The van der Waals surface area contributed by atoms with E-state index in [9.17, 15) is 18.0 Å². The van der Waals surface area contributed by atoms with Crippen LogP contribution in [0.3, 0.4) is 0 Å². The number of esters is 1. The number of nitrogens with zero attached hydrogens (tertiary/aromatic N) is 5. The maximum absolute atomic E-state index is 12.1. The van der Waals surface area contributed by atoms with Crippen LogP contribution in [0.1, 0.15) is 22.0 Å². The number of benzene rings is 1. The number of hydrogen-bond acceptors (Lipinski definition) is 8. The van der Waals surface area contributed by atoms with Gasteiger partial charge >= 0.3 is 5.97 Å². The van der Waals surface area contributed by atoms with Crippen LogP contribution in [-0.4, -0.2) is 64.9 Å². The molecule has 1 N–H and O–H groups in total. The Bertz CT molecular complexity index is 1220. The molecule has 0 aliphatic rings. The number of fused-ring (bicyclic) bond motifs is 1. The second-order valence-corrected chi connectivity index (χ2v) is 8.77. The highest BCUT2D eigenvalue weighted by Crippen LogP contribution is 2.16. The lowest BCUT2D eigenvalue weighted by Gasteiger charge is -2.12. The van der Waals surface area contributed by atoms with Gasteiger partial charge in [-0.05, 0) is 44.2 Å². The minimum absolute atomic E-state index is 0.0917. The van der Waals surface area contributed by atoms with Crippen molar-refractivity contribution in [2.24, 2.45) is 0 Å². The van der Waals surface area contributed by atoms with Crippen LogP contribution in [0.25, 0.3) is 5.78 Å². The molecule has 0 saturated carbocycles. The molecule has 0 spiro atoms. The number of amides is 1. The number of sulfonamides is 1. The molecule has 158 valence electrons. The molecule has 0 aliphatic carbocycles. The predicted molar refractivity (Wildman–Crippen MR) is 106 cm³/mol. The summed E-state index contributed by atoms with van der Waals surface area (Å²) in [6.45, 7) is 3.04. The normalized spacial score (nSPS) is 11.6. The highest BCUT2D eigenvalue weighted by atomic mass is 32.2. The second-order valence-electron chi connectivity index (χ2n) is 6.62. The number of aryl methyl sites for hydroxylation is 2. The fourth-order valence-corrected chi connectivity index (χ4v) is 3.47. The Labute approximate surface area is 172 Å². The van der Waals surface area contributed by atoms with Gasteiger partial charge in [0.25, 0.3) is 17.5 Å². The van der Waals surface area contributed by atoms with Crippen LogP contribution in [0.4, 0.5) is 5.69 Å². The maximum Gasteiger partial charge on any atom is 0.378 e.